The van der Waals surface area contributed by atoms with E-state index in [1.54, 1.807) is 0 Å². The third-order valence-corrected chi connectivity index (χ3v) is 0.814. The fourth-order valence-corrected chi connectivity index (χ4v) is 0.415. The predicted molar refractivity (Wildman–Crippen MR) is 27.1 cm³/mol. The molecule has 0 aliphatic carbocycles. The minimum absolute atomic E-state index is 1.15. The molecule has 0 aromatic rings. The van der Waals surface area contributed by atoms with Crippen molar-refractivity contribution in [1.29, 1.82) is 0 Å². The molecule has 1 aliphatic rings. The van der Waals surface area contributed by atoms with Gasteiger partial charge in [-0.15, -0.1) is 0 Å². The second kappa shape index (κ2) is 1.98. The number of nitrogens with one attached hydrogen (secondary N) is 1. The Balaban J connectivity index is 3.03. The molecule has 0 saturated heterocycles. The number of carbonyl (C=O) groups is 3. The normalized spacial score (nSPS) is 18.5. The number of ketones is 1. The number of nitrogens with zero attached hydrogens (tertiary/aromatic N) is 1. The van der Waals surface area contributed by atoms with Crippen LogP contribution in [-0.2, 0) is 9.59 Å². The number of amides is 3. The van der Waals surface area contributed by atoms with Gasteiger partial charge in [0, 0.05) is 0 Å². The molecule has 0 aromatic carbocycles. The summed E-state index contributed by atoms with van der Waals surface area (Å²) in [4.78, 5) is 33.1. The maximum absolute atomic E-state index is 12.0. The molecule has 0 unspecified atom stereocenters. The first-order chi connectivity index (χ1) is 4.61. The molecule has 0 radical (unpaired) electrons. The van der Waals surface area contributed by atoms with Gasteiger partial charge in [-0.1, -0.05) is 0 Å². The molecule has 1 heterocycles. The largest absolute Gasteiger partial charge is 0.350 e. The Morgan fingerprint density at radius 3 is 2.40 bits per heavy atom. The molecular formula is C4HFN2O3. The average molecular weight is 144 g/mol. The lowest BCUT2D eigenvalue weighted by molar-refractivity contribution is -0.134. The maximum Gasteiger partial charge on any atom is 0.350 e. The molecule has 0 saturated carbocycles. The van der Waals surface area contributed by atoms with Gasteiger partial charge in [0.2, 0.25) is 0 Å². The first-order valence-corrected chi connectivity index (χ1v) is 2.25. The van der Waals surface area contributed by atoms with E-state index in [1.165, 1.54) is 5.32 Å². The highest BCUT2D eigenvalue weighted by molar-refractivity contribution is 6.65. The van der Waals surface area contributed by atoms with Crippen molar-refractivity contribution >= 4 is 23.7 Å². The zero-order valence-electron chi connectivity index (χ0n) is 4.55. The van der Waals surface area contributed by atoms with E-state index in [-0.39, 0.29) is 0 Å². The monoisotopic (exact) mass is 144 g/mol. The van der Waals surface area contributed by atoms with Crippen LogP contribution >= 0.6 is 0 Å². The van der Waals surface area contributed by atoms with Crippen LogP contribution in [0, 0.1) is 0 Å². The summed E-state index contributed by atoms with van der Waals surface area (Å²) in [6.07, 6.45) is 0. The summed E-state index contributed by atoms with van der Waals surface area (Å²) in [7, 11) is 0. The third kappa shape index (κ3) is 0.903. The van der Waals surface area contributed by atoms with Crippen molar-refractivity contribution in [2.75, 3.05) is 0 Å². The van der Waals surface area contributed by atoms with Gasteiger partial charge >= 0.3 is 11.9 Å². The highest BCUT2D eigenvalue weighted by atomic mass is 19.1. The van der Waals surface area contributed by atoms with E-state index in [0.29, 0.717) is 0 Å². The van der Waals surface area contributed by atoms with Crippen LogP contribution in [0.5, 0.6) is 0 Å². The number of hydrogen-bond acceptors (Lipinski definition) is 3. The Kier molecular flexibility index (Phi) is 1.29. The summed E-state index contributed by atoms with van der Waals surface area (Å²) in [5.41, 5.74) is 0. The molecule has 0 bridgehead atoms. The molecule has 0 spiro atoms. The highest BCUT2D eigenvalue weighted by Crippen LogP contribution is 1.92. The molecule has 3 amide bonds. The molecule has 52 valence electrons. The lowest BCUT2D eigenvalue weighted by Crippen LogP contribution is -2.42. The smallest absolute Gasteiger partial charge is 0.279 e. The van der Waals surface area contributed by atoms with Gasteiger partial charge < -0.3 is 0 Å². The first-order valence-electron chi connectivity index (χ1n) is 2.25. The Morgan fingerprint density at radius 2 is 1.90 bits per heavy atom. The van der Waals surface area contributed by atoms with Gasteiger partial charge in [-0.25, -0.2) is 4.79 Å². The second-order valence-electron chi connectivity index (χ2n) is 1.49. The first kappa shape index (κ1) is 6.53. The topological polar surface area (TPSA) is 75.6 Å². The van der Waals surface area contributed by atoms with Gasteiger partial charge in [0.15, 0.2) is 0 Å². The van der Waals surface area contributed by atoms with E-state index in [9.17, 15) is 18.8 Å². The lowest BCUT2D eigenvalue weighted by Gasteiger charge is -2.01. The van der Waals surface area contributed by atoms with Crippen LogP contribution in [0.2, 0.25) is 0 Å². The van der Waals surface area contributed by atoms with Crippen LogP contribution in [0.3, 0.4) is 0 Å². The van der Waals surface area contributed by atoms with Crippen LogP contribution in [0.25, 0.3) is 0 Å². The molecular weight excluding hydrogens is 143 g/mol. The summed E-state index contributed by atoms with van der Waals surface area (Å²) >= 11 is 0. The third-order valence-electron chi connectivity index (χ3n) is 0.814. The molecule has 5 nitrogen and oxygen atoms in total. The molecule has 1 N–H and O–H groups in total. The van der Waals surface area contributed by atoms with Crippen LogP contribution in [-0.4, -0.2) is 23.7 Å². The Bertz CT molecular complexity index is 257. The average Bonchev–Trinajstić information content (AvgIpc) is 1.82. The number of Topliss-reactive ketones (excluding diaryl/α,β-unsaturated/α-hetero) is 1. The predicted octanol–water partition coefficient (Wildman–Crippen LogP) is -0.827. The van der Waals surface area contributed by atoms with Crippen LogP contribution in [0.4, 0.5) is 9.18 Å². The molecule has 0 atom stereocenters. The van der Waals surface area contributed by atoms with Gasteiger partial charge in [-0.3, -0.25) is 14.9 Å². The van der Waals surface area contributed by atoms with Crippen molar-refractivity contribution in [3.63, 3.8) is 0 Å². The molecule has 0 aromatic heterocycles. The van der Waals surface area contributed by atoms with Crippen molar-refractivity contribution in [2.45, 2.75) is 0 Å². The molecule has 1 rings (SSSR count). The van der Waals surface area contributed by atoms with Crippen molar-refractivity contribution < 1.29 is 18.8 Å². The van der Waals surface area contributed by atoms with E-state index in [0.717, 1.165) is 0 Å². The summed E-state index contributed by atoms with van der Waals surface area (Å²) in [6, 6.07) is -1.15. The molecule has 6 heteroatoms. The number of carbonyl (C=O) groups excluding carboxylic acids is 3. The number of rotatable bonds is 0. The van der Waals surface area contributed by atoms with E-state index in [1.807, 2.05) is 0 Å². The van der Waals surface area contributed by atoms with Crippen LogP contribution < -0.4 is 5.32 Å². The van der Waals surface area contributed by atoms with Crippen LogP contribution in [0.15, 0.2) is 4.99 Å². The number of imide groups is 1. The summed E-state index contributed by atoms with van der Waals surface area (Å²) < 4.78 is 12.0. The summed E-state index contributed by atoms with van der Waals surface area (Å²) in [5, 5.41) is 1.50. The minimum Gasteiger partial charge on any atom is -0.279 e. The minimum atomic E-state index is -1.56. The van der Waals surface area contributed by atoms with Gasteiger partial charge in [-0.05, 0) is 0 Å². The number of hydrogen-bond donors (Lipinski definition) is 1. The Hall–Kier alpha value is -1.59. The van der Waals surface area contributed by atoms with Crippen molar-refractivity contribution in [3.05, 3.63) is 0 Å². The SMILES string of the molecule is O=C1N=C(F)C(=O)C(=O)N1. The number of urea groups is 1. The van der Waals surface area contributed by atoms with Gasteiger partial charge in [0.1, 0.15) is 0 Å². The number of aliphatic imine (C=N–C) groups is 1. The Labute approximate surface area is 53.9 Å². The van der Waals surface area contributed by atoms with Crippen molar-refractivity contribution in [2.24, 2.45) is 4.99 Å². The maximum atomic E-state index is 12.0. The molecule has 10 heavy (non-hydrogen) atoms. The zero-order valence-corrected chi connectivity index (χ0v) is 4.55. The molecule has 0 fully saturated rings. The summed E-state index contributed by atoms with van der Waals surface area (Å²) in [6.45, 7) is 0. The fourth-order valence-electron chi connectivity index (χ4n) is 0.415. The van der Waals surface area contributed by atoms with Gasteiger partial charge in [-0.2, -0.15) is 9.38 Å². The van der Waals surface area contributed by atoms with Crippen molar-refractivity contribution in [1.82, 2.24) is 5.32 Å². The standard InChI is InChI=1S/C4HFN2O3/c5-2-1(8)3(9)7-4(10)6-2/h(H,7,9,10). The van der Waals surface area contributed by atoms with E-state index in [4.69, 9.17) is 0 Å². The van der Waals surface area contributed by atoms with Gasteiger partial charge in [0.05, 0.1) is 0 Å². The lowest BCUT2D eigenvalue weighted by atomic mass is 10.3. The highest BCUT2D eigenvalue weighted by Gasteiger charge is 2.28. The van der Waals surface area contributed by atoms with E-state index < -0.39 is 23.7 Å². The van der Waals surface area contributed by atoms with E-state index >= 15 is 0 Å². The number of halogens is 1. The van der Waals surface area contributed by atoms with Crippen molar-refractivity contribution in [3.8, 4) is 0 Å². The second-order valence-corrected chi connectivity index (χ2v) is 1.49. The summed E-state index contributed by atoms with van der Waals surface area (Å²) in [5.74, 6) is -4.26. The van der Waals surface area contributed by atoms with Crippen LogP contribution in [0.1, 0.15) is 0 Å². The zero-order chi connectivity index (χ0) is 7.72. The molecule has 1 aliphatic heterocycles. The van der Waals surface area contributed by atoms with E-state index in [2.05, 4.69) is 4.99 Å². The fraction of sp³-hybridized carbons (Fsp3) is 0. The quantitative estimate of drug-likeness (QED) is 0.451. The Morgan fingerprint density at radius 1 is 1.30 bits per heavy atom. The van der Waals surface area contributed by atoms with Gasteiger partial charge in [0.25, 0.3) is 11.7 Å².